The van der Waals surface area contributed by atoms with E-state index in [0.29, 0.717) is 23.5 Å². The summed E-state index contributed by atoms with van der Waals surface area (Å²) < 4.78 is 26.5. The van der Waals surface area contributed by atoms with Gasteiger partial charge in [0.15, 0.2) is 0 Å². The average Bonchev–Trinajstić information content (AvgIpc) is 2.26. The Bertz CT molecular complexity index is 455. The Kier molecular flexibility index (Phi) is 4.32. The number of hydrogen-bond donors (Lipinski definition) is 2. The van der Waals surface area contributed by atoms with Crippen molar-refractivity contribution in [2.24, 2.45) is 0 Å². The lowest BCUT2D eigenvalue weighted by molar-refractivity contribution is 0.579. The van der Waals surface area contributed by atoms with Crippen LogP contribution in [0.5, 0.6) is 0 Å². The van der Waals surface area contributed by atoms with Crippen LogP contribution < -0.4 is 10.5 Å². The number of nitrogens with one attached hydrogen (secondary N) is 1. The van der Waals surface area contributed by atoms with Gasteiger partial charge in [0.25, 0.3) is 0 Å². The van der Waals surface area contributed by atoms with Gasteiger partial charge in [-0.15, -0.1) is 0 Å². The van der Waals surface area contributed by atoms with Crippen LogP contribution in [0.15, 0.2) is 23.1 Å². The average molecular weight is 242 g/mol. The summed E-state index contributed by atoms with van der Waals surface area (Å²) in [6.45, 7) is 4.28. The van der Waals surface area contributed by atoms with Crippen LogP contribution in [0.4, 0.5) is 5.69 Å². The molecule has 0 atom stereocenters. The smallest absolute Gasteiger partial charge is 0.240 e. The molecule has 0 bridgehead atoms. The minimum absolute atomic E-state index is 0.295. The molecule has 5 heteroatoms. The first-order valence-electron chi connectivity index (χ1n) is 5.39. The van der Waals surface area contributed by atoms with Gasteiger partial charge in [-0.05, 0) is 30.5 Å². The van der Waals surface area contributed by atoms with Crippen molar-refractivity contribution in [3.63, 3.8) is 0 Å². The molecule has 0 saturated carbocycles. The molecule has 0 saturated heterocycles. The quantitative estimate of drug-likeness (QED) is 0.769. The van der Waals surface area contributed by atoms with Crippen LogP contribution in [0.3, 0.4) is 0 Å². The number of nitrogen functional groups attached to an aromatic ring is 1. The van der Waals surface area contributed by atoms with Gasteiger partial charge in [-0.1, -0.05) is 19.9 Å². The van der Waals surface area contributed by atoms with E-state index >= 15 is 0 Å². The van der Waals surface area contributed by atoms with Gasteiger partial charge in [0, 0.05) is 12.2 Å². The van der Waals surface area contributed by atoms with Gasteiger partial charge in [0.1, 0.15) is 0 Å². The van der Waals surface area contributed by atoms with E-state index in [2.05, 4.69) is 4.72 Å². The van der Waals surface area contributed by atoms with Crippen molar-refractivity contribution in [3.8, 4) is 0 Å². The lowest BCUT2D eigenvalue weighted by Gasteiger charge is -2.10. The summed E-state index contributed by atoms with van der Waals surface area (Å²) in [5.74, 6) is 0. The molecule has 4 nitrogen and oxygen atoms in total. The van der Waals surface area contributed by atoms with Crippen LogP contribution in [0, 0.1) is 0 Å². The first-order valence-corrected chi connectivity index (χ1v) is 6.87. The number of aryl methyl sites for hydroxylation is 1. The molecular weight excluding hydrogens is 224 g/mol. The molecule has 0 spiro atoms. The topological polar surface area (TPSA) is 72.2 Å². The fourth-order valence-corrected chi connectivity index (χ4v) is 2.90. The molecule has 0 amide bonds. The second-order valence-electron chi connectivity index (χ2n) is 3.62. The van der Waals surface area contributed by atoms with Crippen LogP contribution >= 0.6 is 0 Å². The maximum atomic E-state index is 12.0. The molecule has 1 rings (SSSR count). The molecule has 0 aliphatic heterocycles. The Morgan fingerprint density at radius 2 is 2.00 bits per heavy atom. The van der Waals surface area contributed by atoms with Crippen molar-refractivity contribution in [1.29, 1.82) is 0 Å². The standard InChI is InChI=1S/C11H18N2O2S/c1-3-7-13-16(14,15)11-8-10(12)6-5-9(11)4-2/h5-6,8,13H,3-4,7,12H2,1-2H3. The molecule has 0 radical (unpaired) electrons. The number of benzene rings is 1. The van der Waals surface area contributed by atoms with Crippen molar-refractivity contribution in [2.45, 2.75) is 31.6 Å². The van der Waals surface area contributed by atoms with Crippen molar-refractivity contribution in [3.05, 3.63) is 23.8 Å². The van der Waals surface area contributed by atoms with E-state index in [-0.39, 0.29) is 0 Å². The lowest BCUT2D eigenvalue weighted by atomic mass is 10.1. The molecule has 0 aromatic heterocycles. The van der Waals surface area contributed by atoms with Crippen molar-refractivity contribution >= 4 is 15.7 Å². The zero-order valence-electron chi connectivity index (χ0n) is 9.66. The summed E-state index contributed by atoms with van der Waals surface area (Å²) in [7, 11) is -3.42. The second-order valence-corrected chi connectivity index (χ2v) is 5.35. The van der Waals surface area contributed by atoms with E-state index in [1.807, 2.05) is 13.8 Å². The molecular formula is C11H18N2O2S. The normalized spacial score (nSPS) is 11.6. The molecule has 0 heterocycles. The minimum atomic E-state index is -3.42. The molecule has 1 aromatic rings. The van der Waals surface area contributed by atoms with Crippen LogP contribution in [-0.4, -0.2) is 15.0 Å². The van der Waals surface area contributed by atoms with Crippen molar-refractivity contribution in [2.75, 3.05) is 12.3 Å². The van der Waals surface area contributed by atoms with E-state index in [9.17, 15) is 8.42 Å². The zero-order valence-corrected chi connectivity index (χ0v) is 10.5. The summed E-state index contributed by atoms with van der Waals surface area (Å²) in [5.41, 5.74) is 6.87. The molecule has 0 unspecified atom stereocenters. The van der Waals surface area contributed by atoms with Gasteiger partial charge >= 0.3 is 0 Å². The van der Waals surface area contributed by atoms with Crippen LogP contribution in [0.25, 0.3) is 0 Å². The van der Waals surface area contributed by atoms with Crippen LogP contribution in [-0.2, 0) is 16.4 Å². The second kappa shape index (κ2) is 5.32. The predicted molar refractivity (Wildman–Crippen MR) is 65.7 cm³/mol. The van der Waals surface area contributed by atoms with E-state index in [4.69, 9.17) is 5.73 Å². The largest absolute Gasteiger partial charge is 0.399 e. The van der Waals surface area contributed by atoms with Crippen molar-refractivity contribution < 1.29 is 8.42 Å². The van der Waals surface area contributed by atoms with Gasteiger partial charge in [-0.3, -0.25) is 0 Å². The molecule has 0 aliphatic carbocycles. The molecule has 90 valence electrons. The highest BCUT2D eigenvalue weighted by Crippen LogP contribution is 2.19. The van der Waals surface area contributed by atoms with E-state index < -0.39 is 10.0 Å². The third-order valence-electron chi connectivity index (χ3n) is 2.30. The van der Waals surface area contributed by atoms with Crippen LogP contribution in [0.1, 0.15) is 25.8 Å². The van der Waals surface area contributed by atoms with E-state index in [0.717, 1.165) is 12.0 Å². The molecule has 16 heavy (non-hydrogen) atoms. The fourth-order valence-electron chi connectivity index (χ4n) is 1.43. The Morgan fingerprint density at radius 3 is 2.56 bits per heavy atom. The third-order valence-corrected chi connectivity index (χ3v) is 3.85. The molecule has 3 N–H and O–H groups in total. The first kappa shape index (κ1) is 13.0. The Hall–Kier alpha value is -1.07. The maximum Gasteiger partial charge on any atom is 0.240 e. The highest BCUT2D eigenvalue weighted by Gasteiger charge is 2.17. The Labute approximate surface area is 96.9 Å². The molecule has 0 fully saturated rings. The zero-order chi connectivity index (χ0) is 12.2. The minimum Gasteiger partial charge on any atom is -0.399 e. The number of rotatable bonds is 5. The number of nitrogens with two attached hydrogens (primary N) is 1. The Morgan fingerprint density at radius 1 is 1.31 bits per heavy atom. The summed E-state index contributed by atoms with van der Waals surface area (Å²) in [4.78, 5) is 0.295. The van der Waals surface area contributed by atoms with Gasteiger partial charge in [-0.25, -0.2) is 13.1 Å². The SMILES string of the molecule is CCCNS(=O)(=O)c1cc(N)ccc1CC. The Balaban J connectivity index is 3.15. The first-order chi connectivity index (χ1) is 7.51. The molecule has 0 aliphatic rings. The predicted octanol–water partition coefficient (Wildman–Crippen LogP) is 1.52. The summed E-state index contributed by atoms with van der Waals surface area (Å²) >= 11 is 0. The van der Waals surface area contributed by atoms with Crippen LogP contribution in [0.2, 0.25) is 0 Å². The highest BCUT2D eigenvalue weighted by molar-refractivity contribution is 7.89. The lowest BCUT2D eigenvalue weighted by Crippen LogP contribution is -2.25. The number of anilines is 1. The van der Waals surface area contributed by atoms with Gasteiger partial charge in [0.05, 0.1) is 4.90 Å². The maximum absolute atomic E-state index is 12.0. The number of hydrogen-bond acceptors (Lipinski definition) is 3. The number of sulfonamides is 1. The highest BCUT2D eigenvalue weighted by atomic mass is 32.2. The monoisotopic (exact) mass is 242 g/mol. The summed E-state index contributed by atoms with van der Waals surface area (Å²) in [6.07, 6.45) is 1.44. The van der Waals surface area contributed by atoms with Gasteiger partial charge < -0.3 is 5.73 Å². The fraction of sp³-hybridized carbons (Fsp3) is 0.455. The van der Waals surface area contributed by atoms with Gasteiger partial charge in [-0.2, -0.15) is 0 Å². The summed E-state index contributed by atoms with van der Waals surface area (Å²) in [6, 6.07) is 4.99. The van der Waals surface area contributed by atoms with Crippen molar-refractivity contribution in [1.82, 2.24) is 4.72 Å². The van der Waals surface area contributed by atoms with Gasteiger partial charge in [0.2, 0.25) is 10.0 Å². The van der Waals surface area contributed by atoms with E-state index in [1.54, 1.807) is 12.1 Å². The van der Waals surface area contributed by atoms with E-state index in [1.165, 1.54) is 6.07 Å². The third kappa shape index (κ3) is 2.96. The molecule has 1 aromatic carbocycles. The summed E-state index contributed by atoms with van der Waals surface area (Å²) in [5, 5.41) is 0.